The molecule has 0 aromatic heterocycles. The zero-order valence-electron chi connectivity index (χ0n) is 10.9. The Labute approximate surface area is 136 Å². The Hall–Kier alpha value is -1.32. The number of para-hydroxylation sites is 1. The minimum atomic E-state index is -5.50. The van der Waals surface area contributed by atoms with Crippen molar-refractivity contribution in [3.8, 4) is 0 Å². The molecule has 2 N–H and O–H groups in total. The van der Waals surface area contributed by atoms with Crippen molar-refractivity contribution in [2.45, 2.75) is 17.2 Å². The molecule has 0 fully saturated rings. The van der Waals surface area contributed by atoms with Gasteiger partial charge in [-0.3, -0.25) is 4.79 Å². The standard InChI is InChI=1S/C12H10BrClF3NO4/c1-22-10(20)11(21,12(15,16)17)8(14)9(19)18-7-5-3-2-4-6(7)13/h2-5,8,21H,1H3,(H,18,19)/t8-,11-/m1/s1. The summed E-state index contributed by atoms with van der Waals surface area (Å²) < 4.78 is 43.1. The van der Waals surface area contributed by atoms with Gasteiger partial charge < -0.3 is 15.2 Å². The van der Waals surface area contributed by atoms with E-state index in [4.69, 9.17) is 11.6 Å². The molecule has 5 nitrogen and oxygen atoms in total. The van der Waals surface area contributed by atoms with Crippen LogP contribution in [0.5, 0.6) is 0 Å². The predicted molar refractivity (Wildman–Crippen MR) is 75.4 cm³/mol. The third-order valence-corrected chi connectivity index (χ3v) is 3.86. The van der Waals surface area contributed by atoms with Crippen molar-refractivity contribution in [2.75, 3.05) is 12.4 Å². The lowest BCUT2D eigenvalue weighted by Crippen LogP contribution is -2.62. The average Bonchev–Trinajstić information content (AvgIpc) is 2.45. The van der Waals surface area contributed by atoms with Gasteiger partial charge in [0.05, 0.1) is 12.8 Å². The van der Waals surface area contributed by atoms with E-state index in [0.29, 0.717) is 11.6 Å². The Morgan fingerprint density at radius 2 is 1.91 bits per heavy atom. The van der Waals surface area contributed by atoms with Gasteiger partial charge in [0.25, 0.3) is 5.60 Å². The number of ether oxygens (including phenoxy) is 1. The Kier molecular flexibility index (Phi) is 5.82. The molecule has 0 aliphatic rings. The lowest BCUT2D eigenvalue weighted by atomic mass is 9.98. The average molecular weight is 405 g/mol. The number of rotatable bonds is 4. The molecule has 0 bridgehead atoms. The van der Waals surface area contributed by atoms with Crippen molar-refractivity contribution in [1.29, 1.82) is 0 Å². The van der Waals surface area contributed by atoms with Crippen LogP contribution < -0.4 is 5.32 Å². The number of methoxy groups -OCH3 is 1. The van der Waals surface area contributed by atoms with Crippen molar-refractivity contribution in [2.24, 2.45) is 0 Å². The van der Waals surface area contributed by atoms with Crippen LogP contribution in [0.1, 0.15) is 0 Å². The van der Waals surface area contributed by atoms with E-state index in [0.717, 1.165) is 0 Å². The topological polar surface area (TPSA) is 75.6 Å². The van der Waals surface area contributed by atoms with Crippen molar-refractivity contribution in [1.82, 2.24) is 0 Å². The Bertz CT molecular complexity index is 584. The number of alkyl halides is 4. The molecule has 122 valence electrons. The molecule has 0 aliphatic carbocycles. The Balaban J connectivity index is 3.10. The van der Waals surface area contributed by atoms with Crippen LogP contribution in [0.3, 0.4) is 0 Å². The number of hydrogen-bond donors (Lipinski definition) is 2. The largest absolute Gasteiger partial charge is 0.467 e. The van der Waals surface area contributed by atoms with Crippen LogP contribution in [-0.4, -0.2) is 41.2 Å². The number of hydrogen-bond acceptors (Lipinski definition) is 4. The summed E-state index contributed by atoms with van der Waals surface area (Å²) in [6.45, 7) is 0. The molecule has 0 radical (unpaired) electrons. The second-order valence-electron chi connectivity index (χ2n) is 4.09. The molecule has 10 heteroatoms. The van der Waals surface area contributed by atoms with Crippen LogP contribution in [0.15, 0.2) is 28.7 Å². The van der Waals surface area contributed by atoms with Crippen molar-refractivity contribution < 1.29 is 32.6 Å². The van der Waals surface area contributed by atoms with Gasteiger partial charge in [0.15, 0.2) is 5.38 Å². The van der Waals surface area contributed by atoms with Crippen LogP contribution in [0.4, 0.5) is 18.9 Å². The van der Waals surface area contributed by atoms with Crippen molar-refractivity contribution in [3.05, 3.63) is 28.7 Å². The second-order valence-corrected chi connectivity index (χ2v) is 5.38. The fraction of sp³-hybridized carbons (Fsp3) is 0.333. The molecule has 0 heterocycles. The van der Waals surface area contributed by atoms with Gasteiger partial charge in [0, 0.05) is 4.47 Å². The van der Waals surface area contributed by atoms with Gasteiger partial charge >= 0.3 is 12.1 Å². The van der Waals surface area contributed by atoms with Gasteiger partial charge in [-0.1, -0.05) is 12.1 Å². The number of amides is 1. The molecule has 22 heavy (non-hydrogen) atoms. The SMILES string of the molecule is COC(=O)[C@](O)([C@H](Cl)C(=O)Nc1ccccc1Br)C(F)(F)F. The zero-order chi connectivity index (χ0) is 17.1. The smallest absolute Gasteiger partial charge is 0.430 e. The quantitative estimate of drug-likeness (QED) is 0.597. The van der Waals surface area contributed by atoms with Crippen molar-refractivity contribution >= 4 is 45.1 Å². The molecule has 1 aromatic carbocycles. The molecule has 2 atom stereocenters. The van der Waals surface area contributed by atoms with Crippen LogP contribution in [0.2, 0.25) is 0 Å². The van der Waals surface area contributed by atoms with E-state index in [2.05, 4.69) is 26.0 Å². The highest BCUT2D eigenvalue weighted by Crippen LogP contribution is 2.37. The van der Waals surface area contributed by atoms with Crippen LogP contribution in [0.25, 0.3) is 0 Å². The van der Waals surface area contributed by atoms with Crippen LogP contribution >= 0.6 is 27.5 Å². The van der Waals surface area contributed by atoms with E-state index in [9.17, 15) is 27.9 Å². The summed E-state index contributed by atoms with van der Waals surface area (Å²) in [6.07, 6.45) is -5.50. The second kappa shape index (κ2) is 6.84. The number of esters is 1. The van der Waals surface area contributed by atoms with E-state index in [-0.39, 0.29) is 5.69 Å². The Morgan fingerprint density at radius 3 is 2.36 bits per heavy atom. The molecule has 0 saturated heterocycles. The third-order valence-electron chi connectivity index (χ3n) is 2.66. The van der Waals surface area contributed by atoms with Crippen molar-refractivity contribution in [3.63, 3.8) is 0 Å². The maximum Gasteiger partial charge on any atom is 0.430 e. The first kappa shape index (κ1) is 18.7. The number of aliphatic hydroxyl groups is 1. The fourth-order valence-corrected chi connectivity index (χ4v) is 2.12. The molecule has 1 aromatic rings. The normalized spacial score (nSPS) is 15.6. The van der Waals surface area contributed by atoms with Gasteiger partial charge in [-0.25, -0.2) is 4.79 Å². The van der Waals surface area contributed by atoms with E-state index in [1.807, 2.05) is 0 Å². The van der Waals surface area contributed by atoms with Gasteiger partial charge in [-0.15, -0.1) is 11.6 Å². The highest BCUT2D eigenvalue weighted by Gasteiger charge is 2.67. The lowest BCUT2D eigenvalue weighted by molar-refractivity contribution is -0.260. The molecule has 1 amide bonds. The third kappa shape index (κ3) is 3.53. The summed E-state index contributed by atoms with van der Waals surface area (Å²) in [7, 11) is 0.633. The maximum absolute atomic E-state index is 12.9. The number of benzene rings is 1. The van der Waals surface area contributed by atoms with E-state index in [1.54, 1.807) is 6.07 Å². The number of nitrogens with one attached hydrogen (secondary N) is 1. The van der Waals surface area contributed by atoms with E-state index < -0.39 is 29.0 Å². The predicted octanol–water partition coefficient (Wildman–Crippen LogP) is 2.46. The highest BCUT2D eigenvalue weighted by molar-refractivity contribution is 9.10. The molecule has 0 spiro atoms. The van der Waals surface area contributed by atoms with E-state index in [1.165, 1.54) is 18.2 Å². The lowest BCUT2D eigenvalue weighted by Gasteiger charge is -2.30. The minimum Gasteiger partial charge on any atom is -0.467 e. The van der Waals surface area contributed by atoms with Gasteiger partial charge in [0.2, 0.25) is 5.91 Å². The summed E-state index contributed by atoms with van der Waals surface area (Å²) in [5.74, 6) is -3.50. The highest BCUT2D eigenvalue weighted by atomic mass is 79.9. The molecule has 1 rings (SSSR count). The minimum absolute atomic E-state index is 0.118. The fourth-order valence-electron chi connectivity index (χ4n) is 1.47. The first-order valence-electron chi connectivity index (χ1n) is 5.62. The molecule has 0 unspecified atom stereocenters. The van der Waals surface area contributed by atoms with Gasteiger partial charge in [-0.2, -0.15) is 13.2 Å². The van der Waals surface area contributed by atoms with Crippen LogP contribution in [0, 0.1) is 0 Å². The zero-order valence-corrected chi connectivity index (χ0v) is 13.3. The van der Waals surface area contributed by atoms with E-state index >= 15 is 0 Å². The monoisotopic (exact) mass is 403 g/mol. The van der Waals surface area contributed by atoms with Crippen LogP contribution in [-0.2, 0) is 14.3 Å². The summed E-state index contributed by atoms with van der Waals surface area (Å²) in [5, 5.41) is 9.03. The molecule has 0 saturated carbocycles. The molecular formula is C12H10BrClF3NO4. The summed E-state index contributed by atoms with van der Waals surface area (Å²) in [5.41, 5.74) is -4.05. The summed E-state index contributed by atoms with van der Waals surface area (Å²) >= 11 is 8.47. The first-order valence-corrected chi connectivity index (χ1v) is 6.85. The molecule has 0 aliphatic heterocycles. The number of anilines is 1. The number of carbonyl (C=O) groups is 2. The summed E-state index contributed by atoms with van der Waals surface area (Å²) in [4.78, 5) is 23.1. The Morgan fingerprint density at radius 1 is 1.36 bits per heavy atom. The maximum atomic E-state index is 12.9. The first-order chi connectivity index (χ1) is 10.1. The number of carbonyl (C=O) groups excluding carboxylic acids is 2. The molecular weight excluding hydrogens is 394 g/mol. The van der Waals surface area contributed by atoms with Gasteiger partial charge in [0.1, 0.15) is 0 Å². The summed E-state index contributed by atoms with van der Waals surface area (Å²) in [6, 6.07) is 6.03. The van der Waals surface area contributed by atoms with Gasteiger partial charge in [-0.05, 0) is 28.1 Å². The number of halogens is 5.